The number of carbonyl (C=O) groups excluding carboxylic acids is 1. The maximum absolute atomic E-state index is 11.4. The van der Waals surface area contributed by atoms with Crippen LogP contribution in [0.2, 0.25) is 0 Å². The third-order valence-corrected chi connectivity index (χ3v) is 5.09. The minimum Gasteiger partial charge on any atom is -0.434 e. The Morgan fingerprint density at radius 3 is 1.36 bits per heavy atom. The standard InChI is InChI=1S/C25H48O3/c1-3-5-7-9-10-11-12-13-14-15-16-17-18-19-20-22-24-28-25(26)27-23-21-8-6-4-2/h13-14H,3-12,15-24H2,1-2H3/b14-13-. The summed E-state index contributed by atoms with van der Waals surface area (Å²) < 4.78 is 10.1. The molecule has 28 heavy (non-hydrogen) atoms. The molecular formula is C25H48O3. The molecule has 166 valence electrons. The van der Waals surface area contributed by atoms with Crippen molar-refractivity contribution in [2.75, 3.05) is 13.2 Å². The highest BCUT2D eigenvalue weighted by molar-refractivity contribution is 5.59. The van der Waals surface area contributed by atoms with Crippen molar-refractivity contribution in [3.05, 3.63) is 12.2 Å². The summed E-state index contributed by atoms with van der Waals surface area (Å²) >= 11 is 0. The molecule has 3 nitrogen and oxygen atoms in total. The summed E-state index contributed by atoms with van der Waals surface area (Å²) in [5, 5.41) is 0. The Kier molecular flexibility index (Phi) is 23.2. The molecule has 0 aliphatic carbocycles. The smallest absolute Gasteiger partial charge is 0.434 e. The summed E-state index contributed by atoms with van der Waals surface area (Å²) in [6.07, 6.45) is 26.7. The van der Waals surface area contributed by atoms with E-state index >= 15 is 0 Å². The van der Waals surface area contributed by atoms with E-state index in [1.807, 2.05) is 0 Å². The molecule has 0 bridgehead atoms. The van der Waals surface area contributed by atoms with Gasteiger partial charge in [-0.1, -0.05) is 103 Å². The summed E-state index contributed by atoms with van der Waals surface area (Å²) in [4.78, 5) is 11.4. The van der Waals surface area contributed by atoms with Crippen LogP contribution in [0.1, 0.15) is 129 Å². The van der Waals surface area contributed by atoms with E-state index < -0.39 is 6.16 Å². The van der Waals surface area contributed by atoms with Gasteiger partial charge in [0.2, 0.25) is 0 Å². The monoisotopic (exact) mass is 396 g/mol. The lowest BCUT2D eigenvalue weighted by molar-refractivity contribution is 0.0529. The van der Waals surface area contributed by atoms with Crippen molar-refractivity contribution >= 4 is 6.16 Å². The van der Waals surface area contributed by atoms with Crippen LogP contribution >= 0.6 is 0 Å². The van der Waals surface area contributed by atoms with E-state index in [4.69, 9.17) is 9.47 Å². The number of rotatable bonds is 21. The van der Waals surface area contributed by atoms with E-state index in [-0.39, 0.29) is 0 Å². The number of hydrogen-bond acceptors (Lipinski definition) is 3. The lowest BCUT2D eigenvalue weighted by Gasteiger charge is -2.06. The van der Waals surface area contributed by atoms with Crippen molar-refractivity contribution in [3.63, 3.8) is 0 Å². The fraction of sp³-hybridized carbons (Fsp3) is 0.880. The van der Waals surface area contributed by atoms with E-state index in [9.17, 15) is 4.79 Å². The minimum atomic E-state index is -0.496. The van der Waals surface area contributed by atoms with Crippen LogP contribution in [0.4, 0.5) is 4.79 Å². The van der Waals surface area contributed by atoms with Gasteiger partial charge >= 0.3 is 6.16 Å². The Bertz CT molecular complexity index is 339. The van der Waals surface area contributed by atoms with E-state index in [1.54, 1.807) is 0 Å². The fourth-order valence-electron chi connectivity index (χ4n) is 3.23. The molecule has 0 radical (unpaired) electrons. The van der Waals surface area contributed by atoms with Gasteiger partial charge in [0.15, 0.2) is 0 Å². The Morgan fingerprint density at radius 2 is 0.893 bits per heavy atom. The van der Waals surface area contributed by atoms with Gasteiger partial charge in [-0.15, -0.1) is 0 Å². The maximum Gasteiger partial charge on any atom is 0.508 e. The van der Waals surface area contributed by atoms with Gasteiger partial charge in [-0.3, -0.25) is 0 Å². The van der Waals surface area contributed by atoms with Crippen molar-refractivity contribution < 1.29 is 14.3 Å². The SMILES string of the molecule is CCCCCCCC/C=C\CCCCCCCCOC(=O)OCCCCCC. The first kappa shape index (κ1) is 27.0. The second kappa shape index (κ2) is 24.0. The summed E-state index contributed by atoms with van der Waals surface area (Å²) in [5.74, 6) is 0. The molecule has 0 unspecified atom stereocenters. The molecule has 0 saturated heterocycles. The van der Waals surface area contributed by atoms with Gasteiger partial charge < -0.3 is 9.47 Å². The van der Waals surface area contributed by atoms with Gasteiger partial charge in [-0.25, -0.2) is 4.79 Å². The fourth-order valence-corrected chi connectivity index (χ4v) is 3.23. The van der Waals surface area contributed by atoms with Crippen molar-refractivity contribution in [1.82, 2.24) is 0 Å². The van der Waals surface area contributed by atoms with Crippen LogP contribution < -0.4 is 0 Å². The van der Waals surface area contributed by atoms with Gasteiger partial charge in [-0.2, -0.15) is 0 Å². The zero-order chi connectivity index (χ0) is 20.5. The van der Waals surface area contributed by atoms with Crippen molar-refractivity contribution in [3.8, 4) is 0 Å². The highest BCUT2D eigenvalue weighted by atomic mass is 16.7. The summed E-state index contributed by atoms with van der Waals surface area (Å²) in [6, 6.07) is 0. The Labute approximate surface area is 175 Å². The van der Waals surface area contributed by atoms with Crippen LogP contribution in [0.15, 0.2) is 12.2 Å². The molecular weight excluding hydrogens is 348 g/mol. The van der Waals surface area contributed by atoms with Crippen molar-refractivity contribution in [1.29, 1.82) is 0 Å². The zero-order valence-electron chi connectivity index (χ0n) is 19.0. The van der Waals surface area contributed by atoms with Gasteiger partial charge in [0.25, 0.3) is 0 Å². The lowest BCUT2D eigenvalue weighted by atomic mass is 10.1. The number of allylic oxidation sites excluding steroid dienone is 2. The molecule has 0 aromatic heterocycles. The number of ether oxygens (including phenoxy) is 2. The van der Waals surface area contributed by atoms with Crippen LogP contribution in [0.5, 0.6) is 0 Å². The lowest BCUT2D eigenvalue weighted by Crippen LogP contribution is -2.09. The molecule has 0 aromatic carbocycles. The predicted octanol–water partition coefficient (Wildman–Crippen LogP) is 8.76. The second-order valence-corrected chi connectivity index (χ2v) is 7.95. The Balaban J connectivity index is 3.17. The molecule has 0 atom stereocenters. The first-order valence-corrected chi connectivity index (χ1v) is 12.3. The van der Waals surface area contributed by atoms with E-state index in [0.717, 1.165) is 25.7 Å². The highest BCUT2D eigenvalue weighted by Crippen LogP contribution is 2.10. The zero-order valence-corrected chi connectivity index (χ0v) is 19.0. The van der Waals surface area contributed by atoms with Crippen LogP contribution in [0.25, 0.3) is 0 Å². The number of carbonyl (C=O) groups is 1. The quantitative estimate of drug-likeness (QED) is 0.110. The third kappa shape index (κ3) is 23.0. The first-order valence-electron chi connectivity index (χ1n) is 12.3. The molecule has 0 heterocycles. The van der Waals surface area contributed by atoms with Crippen molar-refractivity contribution in [2.24, 2.45) is 0 Å². The molecule has 0 aromatic rings. The third-order valence-electron chi connectivity index (χ3n) is 5.09. The normalized spacial score (nSPS) is 11.2. The molecule has 0 amide bonds. The van der Waals surface area contributed by atoms with Gasteiger partial charge in [0, 0.05) is 0 Å². The van der Waals surface area contributed by atoms with Crippen LogP contribution in [0, 0.1) is 0 Å². The maximum atomic E-state index is 11.4. The molecule has 0 N–H and O–H groups in total. The van der Waals surface area contributed by atoms with Gasteiger partial charge in [0.1, 0.15) is 0 Å². The predicted molar refractivity (Wildman–Crippen MR) is 121 cm³/mol. The summed E-state index contributed by atoms with van der Waals surface area (Å²) in [5.41, 5.74) is 0. The molecule has 0 saturated carbocycles. The first-order chi connectivity index (χ1) is 13.8. The Morgan fingerprint density at radius 1 is 0.536 bits per heavy atom. The average molecular weight is 397 g/mol. The van der Waals surface area contributed by atoms with Crippen molar-refractivity contribution in [2.45, 2.75) is 129 Å². The molecule has 0 fully saturated rings. The number of unbranched alkanes of at least 4 members (excludes halogenated alkanes) is 15. The minimum absolute atomic E-state index is 0.492. The molecule has 0 rings (SSSR count). The second-order valence-electron chi connectivity index (χ2n) is 7.95. The van der Waals surface area contributed by atoms with Gasteiger partial charge in [-0.05, 0) is 38.5 Å². The average Bonchev–Trinajstić information content (AvgIpc) is 2.70. The van der Waals surface area contributed by atoms with Crippen LogP contribution in [-0.2, 0) is 9.47 Å². The largest absolute Gasteiger partial charge is 0.508 e. The Hall–Kier alpha value is -0.990. The van der Waals surface area contributed by atoms with Crippen LogP contribution in [0.3, 0.4) is 0 Å². The van der Waals surface area contributed by atoms with E-state index in [0.29, 0.717) is 13.2 Å². The molecule has 3 heteroatoms. The topological polar surface area (TPSA) is 35.5 Å². The van der Waals surface area contributed by atoms with Crippen LogP contribution in [-0.4, -0.2) is 19.4 Å². The summed E-state index contributed by atoms with van der Waals surface area (Å²) in [7, 11) is 0. The number of hydrogen-bond donors (Lipinski definition) is 0. The summed E-state index contributed by atoms with van der Waals surface area (Å²) in [6.45, 7) is 5.43. The van der Waals surface area contributed by atoms with Gasteiger partial charge in [0.05, 0.1) is 13.2 Å². The van der Waals surface area contributed by atoms with E-state index in [1.165, 1.54) is 89.9 Å². The molecule has 0 aliphatic rings. The van der Waals surface area contributed by atoms with E-state index in [2.05, 4.69) is 26.0 Å². The molecule has 0 aliphatic heterocycles. The molecule has 0 spiro atoms. The highest BCUT2D eigenvalue weighted by Gasteiger charge is 2.02.